The summed E-state index contributed by atoms with van der Waals surface area (Å²) >= 11 is 17.7. The number of nitrogens with zero attached hydrogens (tertiary/aromatic N) is 1. The van der Waals surface area contributed by atoms with Gasteiger partial charge in [0.05, 0.1) is 23.1 Å². The number of esters is 1. The van der Waals surface area contributed by atoms with E-state index in [9.17, 15) is 13.2 Å². The monoisotopic (exact) mass is 371 g/mol. The second-order valence-electron chi connectivity index (χ2n) is 4.57. The summed E-state index contributed by atoms with van der Waals surface area (Å²) in [5, 5.41) is 0.154. The summed E-state index contributed by atoms with van der Waals surface area (Å²) in [4.78, 5) is 11.3. The predicted octanol–water partition coefficient (Wildman–Crippen LogP) is 2.83. The molecule has 0 aliphatic carbocycles. The Labute approximate surface area is 137 Å². The maximum absolute atomic E-state index is 12.6. The van der Waals surface area contributed by atoms with Crippen molar-refractivity contribution in [1.82, 2.24) is 4.31 Å². The van der Waals surface area contributed by atoms with Crippen LogP contribution in [0.25, 0.3) is 0 Å². The number of hydrogen-bond donors (Lipinski definition) is 0. The summed E-state index contributed by atoms with van der Waals surface area (Å²) in [7, 11) is -2.62. The lowest BCUT2D eigenvalue weighted by molar-refractivity contribution is -0.144. The molecule has 1 aromatic rings. The smallest absolute Gasteiger partial charge is 0.310 e. The molecule has 1 unspecified atom stereocenters. The van der Waals surface area contributed by atoms with Crippen LogP contribution in [-0.4, -0.2) is 38.9 Å². The largest absolute Gasteiger partial charge is 0.469 e. The van der Waals surface area contributed by atoms with Crippen LogP contribution in [-0.2, 0) is 19.6 Å². The van der Waals surface area contributed by atoms with Crippen LogP contribution < -0.4 is 0 Å². The van der Waals surface area contributed by atoms with Crippen molar-refractivity contribution < 1.29 is 17.9 Å². The van der Waals surface area contributed by atoms with E-state index in [1.165, 1.54) is 23.5 Å². The van der Waals surface area contributed by atoms with Crippen molar-refractivity contribution in [3.05, 3.63) is 27.2 Å². The number of ether oxygens (including phenoxy) is 1. The summed E-state index contributed by atoms with van der Waals surface area (Å²) in [5.74, 6) is -0.907. The Balaban J connectivity index is 2.34. The molecule has 2 rings (SSSR count). The number of hydrogen-bond acceptors (Lipinski definition) is 4. The number of carbonyl (C=O) groups excluding carboxylic acids is 1. The first-order valence-electron chi connectivity index (χ1n) is 6.00. The van der Waals surface area contributed by atoms with E-state index in [2.05, 4.69) is 4.74 Å². The Kier molecular flexibility index (Phi) is 5.05. The number of rotatable bonds is 3. The first-order valence-corrected chi connectivity index (χ1v) is 8.57. The molecule has 1 heterocycles. The van der Waals surface area contributed by atoms with Gasteiger partial charge in [-0.25, -0.2) is 8.42 Å². The van der Waals surface area contributed by atoms with Gasteiger partial charge >= 0.3 is 5.97 Å². The first-order chi connectivity index (χ1) is 9.77. The molecule has 0 amide bonds. The van der Waals surface area contributed by atoms with E-state index in [1.54, 1.807) is 0 Å². The molecule has 0 aromatic heterocycles. The number of sulfonamides is 1. The Morgan fingerprint density at radius 3 is 2.38 bits per heavy atom. The molecule has 0 bridgehead atoms. The molecule has 9 heteroatoms. The number of benzene rings is 1. The minimum absolute atomic E-state index is 0.0459. The van der Waals surface area contributed by atoms with Gasteiger partial charge in [-0.1, -0.05) is 34.8 Å². The van der Waals surface area contributed by atoms with Gasteiger partial charge in [-0.2, -0.15) is 4.31 Å². The molecule has 0 saturated carbocycles. The molecule has 116 valence electrons. The fourth-order valence-electron chi connectivity index (χ4n) is 2.21. The van der Waals surface area contributed by atoms with Crippen LogP contribution in [0, 0.1) is 5.92 Å². The molecule has 1 aliphatic heterocycles. The summed E-state index contributed by atoms with van der Waals surface area (Å²) in [6, 6.07) is 2.63. The summed E-state index contributed by atoms with van der Waals surface area (Å²) < 4.78 is 31.0. The molecule has 1 saturated heterocycles. The Morgan fingerprint density at radius 1 is 1.29 bits per heavy atom. The number of carbonyl (C=O) groups is 1. The Bertz CT molecular complexity index is 654. The quantitative estimate of drug-likeness (QED) is 0.765. The molecule has 21 heavy (non-hydrogen) atoms. The third-order valence-corrected chi connectivity index (χ3v) is 6.25. The van der Waals surface area contributed by atoms with Gasteiger partial charge < -0.3 is 4.74 Å². The highest BCUT2D eigenvalue weighted by Gasteiger charge is 2.38. The minimum Gasteiger partial charge on any atom is -0.469 e. The molecule has 0 N–H and O–H groups in total. The van der Waals surface area contributed by atoms with Gasteiger partial charge in [0.15, 0.2) is 0 Å². The average molecular weight is 373 g/mol. The van der Waals surface area contributed by atoms with E-state index in [1.807, 2.05) is 0 Å². The normalized spacial score (nSPS) is 19.7. The highest BCUT2D eigenvalue weighted by molar-refractivity contribution is 7.89. The van der Waals surface area contributed by atoms with Crippen LogP contribution >= 0.6 is 34.8 Å². The third-order valence-electron chi connectivity index (χ3n) is 3.25. The average Bonchev–Trinajstić information content (AvgIpc) is 2.86. The lowest BCUT2D eigenvalue weighted by atomic mass is 10.1. The van der Waals surface area contributed by atoms with E-state index in [0.717, 1.165) is 0 Å². The molecule has 1 aliphatic rings. The molecular weight excluding hydrogens is 361 g/mol. The van der Waals surface area contributed by atoms with E-state index < -0.39 is 21.9 Å². The van der Waals surface area contributed by atoms with E-state index >= 15 is 0 Å². The molecule has 1 aromatic carbocycles. The van der Waals surface area contributed by atoms with Crippen LogP contribution in [0.15, 0.2) is 17.0 Å². The lowest BCUT2D eigenvalue weighted by Gasteiger charge is -2.18. The van der Waals surface area contributed by atoms with Crippen molar-refractivity contribution in [2.45, 2.75) is 11.3 Å². The number of halogens is 3. The van der Waals surface area contributed by atoms with E-state index in [-0.39, 0.29) is 33.1 Å². The summed E-state index contributed by atoms with van der Waals surface area (Å²) in [6.07, 6.45) is 0.398. The van der Waals surface area contributed by atoms with Crippen molar-refractivity contribution in [1.29, 1.82) is 0 Å². The van der Waals surface area contributed by atoms with Gasteiger partial charge in [-0.15, -0.1) is 0 Å². The van der Waals surface area contributed by atoms with Crippen molar-refractivity contribution in [3.8, 4) is 0 Å². The summed E-state index contributed by atoms with van der Waals surface area (Å²) in [5.41, 5.74) is 0. The maximum Gasteiger partial charge on any atom is 0.310 e. The zero-order chi connectivity index (χ0) is 15.8. The van der Waals surface area contributed by atoms with Crippen LogP contribution in [0.4, 0.5) is 0 Å². The molecule has 0 spiro atoms. The van der Waals surface area contributed by atoms with Gasteiger partial charge in [0, 0.05) is 18.1 Å². The number of methoxy groups -OCH3 is 1. The zero-order valence-electron chi connectivity index (χ0n) is 11.0. The van der Waals surface area contributed by atoms with Gasteiger partial charge in [0.2, 0.25) is 10.0 Å². The molecule has 5 nitrogen and oxygen atoms in total. The SMILES string of the molecule is COC(=O)C1CCN(S(=O)(=O)c2c(Cl)cc(Cl)cc2Cl)C1. The van der Waals surface area contributed by atoms with Crippen molar-refractivity contribution in [2.75, 3.05) is 20.2 Å². The first kappa shape index (κ1) is 16.8. The van der Waals surface area contributed by atoms with Crippen molar-refractivity contribution in [2.24, 2.45) is 5.92 Å². The predicted molar refractivity (Wildman–Crippen MR) is 80.4 cm³/mol. The second-order valence-corrected chi connectivity index (χ2v) is 7.70. The van der Waals surface area contributed by atoms with Gasteiger partial charge in [-0.05, 0) is 18.6 Å². The van der Waals surface area contributed by atoms with Gasteiger partial charge in [-0.3, -0.25) is 4.79 Å². The van der Waals surface area contributed by atoms with Crippen molar-refractivity contribution >= 4 is 50.8 Å². The minimum atomic E-state index is -3.89. The third kappa shape index (κ3) is 3.29. The van der Waals surface area contributed by atoms with Crippen molar-refractivity contribution in [3.63, 3.8) is 0 Å². The molecule has 1 atom stereocenters. The fraction of sp³-hybridized carbons (Fsp3) is 0.417. The summed E-state index contributed by atoms with van der Waals surface area (Å²) in [6.45, 7) is 0.252. The maximum atomic E-state index is 12.6. The molecule has 1 fully saturated rings. The molecule has 0 radical (unpaired) electrons. The van der Waals surface area contributed by atoms with Crippen LogP contribution in [0.2, 0.25) is 15.1 Å². The highest BCUT2D eigenvalue weighted by atomic mass is 35.5. The Hall–Kier alpha value is -0.530. The van der Waals surface area contributed by atoms with E-state index in [4.69, 9.17) is 34.8 Å². The fourth-order valence-corrected chi connectivity index (χ4v) is 5.20. The molecular formula is C12H12Cl3NO4S. The van der Waals surface area contributed by atoms with Crippen LogP contribution in [0.1, 0.15) is 6.42 Å². The second kappa shape index (κ2) is 6.30. The van der Waals surface area contributed by atoms with Gasteiger partial charge in [0.1, 0.15) is 4.90 Å². The van der Waals surface area contributed by atoms with Crippen LogP contribution in [0.3, 0.4) is 0 Å². The zero-order valence-corrected chi connectivity index (χ0v) is 14.1. The standard InChI is InChI=1S/C12H12Cl3NO4S/c1-20-12(17)7-2-3-16(6-7)21(18,19)11-9(14)4-8(13)5-10(11)15/h4-5,7H,2-3,6H2,1H3. The van der Waals surface area contributed by atoms with E-state index in [0.29, 0.717) is 6.42 Å². The lowest BCUT2D eigenvalue weighted by Crippen LogP contribution is -2.30. The topological polar surface area (TPSA) is 63.7 Å². The highest BCUT2D eigenvalue weighted by Crippen LogP contribution is 2.36. The van der Waals surface area contributed by atoms with Gasteiger partial charge in [0.25, 0.3) is 0 Å². The van der Waals surface area contributed by atoms with Crippen LogP contribution in [0.5, 0.6) is 0 Å². The Morgan fingerprint density at radius 2 is 1.86 bits per heavy atom.